The first-order valence-corrected chi connectivity index (χ1v) is 6.45. The van der Waals surface area contributed by atoms with E-state index in [2.05, 4.69) is 0 Å². The maximum absolute atomic E-state index is 13.2. The molecule has 1 aliphatic rings. The Labute approximate surface area is 124 Å². The lowest BCUT2D eigenvalue weighted by atomic mass is 9.98. The second-order valence-electron chi connectivity index (χ2n) is 4.78. The quantitative estimate of drug-likeness (QED) is 0.927. The lowest BCUT2D eigenvalue weighted by molar-refractivity contribution is 0.0139. The summed E-state index contributed by atoms with van der Waals surface area (Å²) in [6.07, 6.45) is 1.66. The summed E-state index contributed by atoms with van der Waals surface area (Å²) in [5, 5.41) is 0. The number of carbonyl (C=O) groups is 1. The van der Waals surface area contributed by atoms with E-state index < -0.39 is 5.82 Å². The van der Waals surface area contributed by atoms with Gasteiger partial charge in [-0.05, 0) is 31.0 Å². The average molecular weight is 303 g/mol. The number of ether oxygens (including phenoxy) is 1. The van der Waals surface area contributed by atoms with Gasteiger partial charge in [0.2, 0.25) is 0 Å². The van der Waals surface area contributed by atoms with Crippen LogP contribution < -0.4 is 5.73 Å². The van der Waals surface area contributed by atoms with Crippen LogP contribution in [0.15, 0.2) is 24.3 Å². The van der Waals surface area contributed by atoms with E-state index in [0.717, 1.165) is 12.8 Å². The number of hydrogen-bond acceptors (Lipinski definition) is 3. The SMILES string of the molecule is COC1CCN(C(=O)c2cccc(F)c2)C(CN)C1.Cl. The molecule has 1 heterocycles. The maximum Gasteiger partial charge on any atom is 0.254 e. The highest BCUT2D eigenvalue weighted by atomic mass is 35.5. The minimum absolute atomic E-state index is 0. The van der Waals surface area contributed by atoms with Crippen LogP contribution in [0.5, 0.6) is 0 Å². The van der Waals surface area contributed by atoms with E-state index in [1.807, 2.05) is 0 Å². The van der Waals surface area contributed by atoms with E-state index in [0.29, 0.717) is 18.7 Å². The third-order valence-corrected chi connectivity index (χ3v) is 3.61. The van der Waals surface area contributed by atoms with Crippen molar-refractivity contribution in [1.82, 2.24) is 4.90 Å². The molecule has 0 radical (unpaired) electrons. The van der Waals surface area contributed by atoms with Crippen LogP contribution in [0.4, 0.5) is 4.39 Å². The standard InChI is InChI=1S/C14H19FN2O2.ClH/c1-19-13-5-6-17(12(8-13)9-16)14(18)10-3-2-4-11(15)7-10;/h2-4,7,12-13H,5-6,8-9,16H2,1H3;1H. The molecule has 0 bridgehead atoms. The first kappa shape index (κ1) is 16.9. The molecular formula is C14H20ClFN2O2. The molecule has 1 fully saturated rings. The van der Waals surface area contributed by atoms with Gasteiger partial charge in [0.05, 0.1) is 6.10 Å². The number of benzene rings is 1. The molecule has 1 aliphatic heterocycles. The Balaban J connectivity index is 0.00000200. The van der Waals surface area contributed by atoms with Crippen molar-refractivity contribution in [1.29, 1.82) is 0 Å². The summed E-state index contributed by atoms with van der Waals surface area (Å²) in [4.78, 5) is 14.1. The van der Waals surface area contributed by atoms with Gasteiger partial charge in [0.15, 0.2) is 0 Å². The van der Waals surface area contributed by atoms with Crippen molar-refractivity contribution in [2.45, 2.75) is 25.0 Å². The van der Waals surface area contributed by atoms with Crippen LogP contribution in [0.3, 0.4) is 0 Å². The summed E-state index contributed by atoms with van der Waals surface area (Å²) in [5.74, 6) is -0.563. The molecule has 112 valence electrons. The molecule has 4 nitrogen and oxygen atoms in total. The molecule has 1 aromatic carbocycles. The maximum atomic E-state index is 13.2. The first-order valence-electron chi connectivity index (χ1n) is 6.45. The zero-order chi connectivity index (χ0) is 13.8. The van der Waals surface area contributed by atoms with Gasteiger partial charge in [0.25, 0.3) is 5.91 Å². The number of halogens is 2. The summed E-state index contributed by atoms with van der Waals surface area (Å²) in [6, 6.07) is 5.71. The summed E-state index contributed by atoms with van der Waals surface area (Å²) in [7, 11) is 1.67. The summed E-state index contributed by atoms with van der Waals surface area (Å²) >= 11 is 0. The van der Waals surface area contributed by atoms with E-state index in [4.69, 9.17) is 10.5 Å². The Kier molecular flexibility index (Phi) is 6.39. The molecule has 1 amide bonds. The Morgan fingerprint density at radius 2 is 2.30 bits per heavy atom. The van der Waals surface area contributed by atoms with E-state index in [1.54, 1.807) is 24.1 Å². The second-order valence-corrected chi connectivity index (χ2v) is 4.78. The third kappa shape index (κ3) is 3.69. The van der Waals surface area contributed by atoms with Gasteiger partial charge in [-0.2, -0.15) is 0 Å². The van der Waals surface area contributed by atoms with Gasteiger partial charge in [-0.25, -0.2) is 4.39 Å². The molecule has 6 heteroatoms. The van der Waals surface area contributed by atoms with Crippen LogP contribution in [-0.4, -0.2) is 43.2 Å². The fourth-order valence-corrected chi connectivity index (χ4v) is 2.51. The number of piperidine rings is 1. The predicted octanol–water partition coefficient (Wildman–Crippen LogP) is 1.83. The molecular weight excluding hydrogens is 283 g/mol. The van der Waals surface area contributed by atoms with Crippen molar-refractivity contribution in [3.63, 3.8) is 0 Å². The lowest BCUT2D eigenvalue weighted by Crippen LogP contribution is -2.51. The van der Waals surface area contributed by atoms with Crippen LogP contribution >= 0.6 is 12.4 Å². The molecule has 0 spiro atoms. The van der Waals surface area contributed by atoms with Crippen LogP contribution in [-0.2, 0) is 4.74 Å². The van der Waals surface area contributed by atoms with Crippen LogP contribution in [0.2, 0.25) is 0 Å². The highest BCUT2D eigenvalue weighted by Crippen LogP contribution is 2.21. The fraction of sp³-hybridized carbons (Fsp3) is 0.500. The summed E-state index contributed by atoms with van der Waals surface area (Å²) < 4.78 is 18.5. The number of nitrogens with two attached hydrogens (primary N) is 1. The normalized spacial score (nSPS) is 22.2. The van der Waals surface area contributed by atoms with E-state index in [9.17, 15) is 9.18 Å². The molecule has 0 aromatic heterocycles. The molecule has 2 N–H and O–H groups in total. The predicted molar refractivity (Wildman–Crippen MR) is 77.6 cm³/mol. The van der Waals surface area contributed by atoms with Crippen molar-refractivity contribution in [3.05, 3.63) is 35.6 Å². The molecule has 2 unspecified atom stereocenters. The van der Waals surface area contributed by atoms with E-state index >= 15 is 0 Å². The Hall–Kier alpha value is -1.17. The van der Waals surface area contributed by atoms with Gasteiger partial charge in [-0.3, -0.25) is 4.79 Å². The molecule has 1 aromatic rings. The molecule has 20 heavy (non-hydrogen) atoms. The van der Waals surface area contributed by atoms with Crippen molar-refractivity contribution in [2.24, 2.45) is 5.73 Å². The smallest absolute Gasteiger partial charge is 0.254 e. The van der Waals surface area contributed by atoms with Crippen molar-refractivity contribution >= 4 is 18.3 Å². The number of likely N-dealkylation sites (tertiary alicyclic amines) is 1. The van der Waals surface area contributed by atoms with Crippen LogP contribution in [0, 0.1) is 5.82 Å². The van der Waals surface area contributed by atoms with Gasteiger partial charge < -0.3 is 15.4 Å². The number of amides is 1. The molecule has 1 saturated heterocycles. The van der Waals surface area contributed by atoms with Gasteiger partial charge in [0, 0.05) is 31.8 Å². The van der Waals surface area contributed by atoms with E-state index in [-0.39, 0.29) is 30.5 Å². The Morgan fingerprint density at radius 1 is 1.55 bits per heavy atom. The van der Waals surface area contributed by atoms with Crippen molar-refractivity contribution in [3.8, 4) is 0 Å². The minimum atomic E-state index is -0.401. The second kappa shape index (κ2) is 7.57. The van der Waals surface area contributed by atoms with Crippen LogP contribution in [0.1, 0.15) is 23.2 Å². The molecule has 2 rings (SSSR count). The third-order valence-electron chi connectivity index (χ3n) is 3.61. The van der Waals surface area contributed by atoms with Crippen molar-refractivity contribution in [2.75, 3.05) is 20.2 Å². The van der Waals surface area contributed by atoms with Crippen LogP contribution in [0.25, 0.3) is 0 Å². The molecule has 0 saturated carbocycles. The van der Waals surface area contributed by atoms with E-state index in [1.165, 1.54) is 12.1 Å². The molecule has 0 aliphatic carbocycles. The first-order chi connectivity index (χ1) is 9.15. The average Bonchev–Trinajstić information content (AvgIpc) is 2.45. The highest BCUT2D eigenvalue weighted by molar-refractivity contribution is 5.94. The number of nitrogens with zero attached hydrogens (tertiary/aromatic N) is 1. The zero-order valence-electron chi connectivity index (χ0n) is 11.4. The van der Waals surface area contributed by atoms with Gasteiger partial charge in [0.1, 0.15) is 5.82 Å². The largest absolute Gasteiger partial charge is 0.381 e. The van der Waals surface area contributed by atoms with Gasteiger partial charge in [-0.15, -0.1) is 12.4 Å². The monoisotopic (exact) mass is 302 g/mol. The van der Waals surface area contributed by atoms with Gasteiger partial charge >= 0.3 is 0 Å². The number of hydrogen-bond donors (Lipinski definition) is 1. The number of carbonyl (C=O) groups excluding carboxylic acids is 1. The number of rotatable bonds is 3. The molecule has 2 atom stereocenters. The highest BCUT2D eigenvalue weighted by Gasteiger charge is 2.31. The summed E-state index contributed by atoms with van der Waals surface area (Å²) in [5.41, 5.74) is 6.10. The Bertz CT molecular complexity index is 459. The number of methoxy groups -OCH3 is 1. The Morgan fingerprint density at radius 3 is 2.90 bits per heavy atom. The summed E-state index contributed by atoms with van der Waals surface area (Å²) in [6.45, 7) is 0.983. The minimum Gasteiger partial charge on any atom is -0.381 e. The fourth-order valence-electron chi connectivity index (χ4n) is 2.51. The van der Waals surface area contributed by atoms with Crippen molar-refractivity contribution < 1.29 is 13.9 Å². The topological polar surface area (TPSA) is 55.6 Å². The zero-order valence-corrected chi connectivity index (χ0v) is 12.2. The van der Waals surface area contributed by atoms with Gasteiger partial charge in [-0.1, -0.05) is 6.07 Å². The lowest BCUT2D eigenvalue weighted by Gasteiger charge is -2.38.